The van der Waals surface area contributed by atoms with Crippen LogP contribution >= 0.6 is 22.0 Å². The number of hydrogen-bond donors (Lipinski definition) is 3. The summed E-state index contributed by atoms with van der Waals surface area (Å²) in [5.41, 5.74) is 13.9. The molecule has 5 N–H and O–H groups in total. The van der Waals surface area contributed by atoms with Crippen LogP contribution in [0.15, 0.2) is 44.5 Å². The number of aromatic hydroxyl groups is 1. The van der Waals surface area contributed by atoms with Gasteiger partial charge in [0.2, 0.25) is 0 Å². The Bertz CT molecular complexity index is 999. The molecule has 0 aliphatic rings. The van der Waals surface area contributed by atoms with Crippen LogP contribution in [0.4, 0.5) is 5.69 Å². The largest absolute Gasteiger partial charge is 0.504 e. The lowest BCUT2D eigenvalue weighted by atomic mass is 9.83. The summed E-state index contributed by atoms with van der Waals surface area (Å²) in [6, 6.07) is 9.86. The van der Waals surface area contributed by atoms with Gasteiger partial charge in [-0.1, -0.05) is 75.6 Å². The summed E-state index contributed by atoms with van der Waals surface area (Å²) in [5, 5.41) is 13.1. The van der Waals surface area contributed by atoms with E-state index < -0.39 is 0 Å². The first-order chi connectivity index (χ1) is 15.0. The number of amidine groups is 2. The molecular formula is C24H37N5OS2. The molecule has 176 valence electrons. The van der Waals surface area contributed by atoms with Crippen molar-refractivity contribution >= 4 is 44.7 Å². The highest BCUT2D eigenvalue weighted by Crippen LogP contribution is 2.50. The average molecular weight is 476 g/mol. The van der Waals surface area contributed by atoms with Gasteiger partial charge in [-0.15, -0.1) is 11.3 Å². The number of aryl methyl sites for hydroxylation is 1. The van der Waals surface area contributed by atoms with Crippen molar-refractivity contribution in [3.63, 3.8) is 0 Å². The van der Waals surface area contributed by atoms with E-state index in [4.69, 9.17) is 16.5 Å². The van der Waals surface area contributed by atoms with Crippen LogP contribution in [-0.2, 0) is 0 Å². The van der Waals surface area contributed by atoms with Crippen LogP contribution in [0.3, 0.4) is 0 Å². The first-order valence-corrected chi connectivity index (χ1v) is 12.9. The van der Waals surface area contributed by atoms with E-state index in [-0.39, 0.29) is 39.5 Å². The Labute approximate surface area is 199 Å². The van der Waals surface area contributed by atoms with Crippen LogP contribution < -0.4 is 11.5 Å². The smallest absolute Gasteiger partial charge is 0.167 e. The Hall–Kier alpha value is -2.16. The van der Waals surface area contributed by atoms with Crippen LogP contribution in [0.1, 0.15) is 58.0 Å². The fraction of sp³-hybridized carbons (Fsp3) is 0.458. The van der Waals surface area contributed by atoms with Gasteiger partial charge in [0.25, 0.3) is 0 Å². The number of nitrogens with zero attached hydrogens (tertiary/aromatic N) is 3. The normalized spacial score (nSPS) is 15.4. The maximum atomic E-state index is 11.0. The second-order valence-corrected chi connectivity index (χ2v) is 12.0. The van der Waals surface area contributed by atoms with Gasteiger partial charge in [-0.05, 0) is 30.2 Å². The molecule has 8 heteroatoms. The highest BCUT2D eigenvalue weighted by atomic mass is 32.2. The molecule has 1 aromatic heterocycles. The standard InChI is InChI=1S/C24H37N5OS2/c1-8-29(9-2)32(10-3)23-19(30)18(16(4)31-23)27-21(25)22(26)28-20(24(5,6)7)17-14-12-11-13-15-17/h10-15,20,30H,8-9H2,1-7H3,(H2,25,27)(H2,26,28)/t20-,32?/m0/s1. The molecule has 1 unspecified atom stereocenters. The Kier molecular flexibility index (Phi) is 9.07. The molecule has 2 rings (SSSR count). The molecule has 1 aromatic carbocycles. The Morgan fingerprint density at radius 1 is 1.16 bits per heavy atom. The zero-order valence-corrected chi connectivity index (χ0v) is 21.8. The van der Waals surface area contributed by atoms with Crippen LogP contribution in [0.25, 0.3) is 0 Å². The molecule has 0 fully saturated rings. The van der Waals surface area contributed by atoms with Gasteiger partial charge >= 0.3 is 0 Å². The molecule has 6 nitrogen and oxygen atoms in total. The minimum absolute atomic E-state index is 0.112. The first kappa shape index (κ1) is 26.1. The van der Waals surface area contributed by atoms with Gasteiger partial charge in [-0.25, -0.2) is 4.99 Å². The van der Waals surface area contributed by atoms with Crippen molar-refractivity contribution in [2.45, 2.75) is 58.7 Å². The molecule has 0 spiro atoms. The number of nitrogens with two attached hydrogens (primary N) is 2. The third kappa shape index (κ3) is 5.99. The molecule has 1 heterocycles. The van der Waals surface area contributed by atoms with Crippen molar-refractivity contribution in [3.8, 4) is 5.75 Å². The Morgan fingerprint density at radius 3 is 2.25 bits per heavy atom. The van der Waals surface area contributed by atoms with Crippen LogP contribution in [0.2, 0.25) is 0 Å². The summed E-state index contributed by atoms with van der Waals surface area (Å²) >= 11 is 1.55. The van der Waals surface area contributed by atoms with Crippen molar-refractivity contribution < 1.29 is 5.11 Å². The number of aliphatic imine (C=N–C) groups is 2. The molecule has 0 saturated heterocycles. The van der Waals surface area contributed by atoms with E-state index in [1.165, 1.54) is 0 Å². The lowest BCUT2D eigenvalue weighted by Gasteiger charge is -2.28. The summed E-state index contributed by atoms with van der Waals surface area (Å²) in [6.45, 7) is 16.3. The highest BCUT2D eigenvalue weighted by Gasteiger charge is 2.27. The van der Waals surface area contributed by atoms with Crippen molar-refractivity contribution in [2.75, 3.05) is 13.1 Å². The molecule has 0 amide bonds. The molecule has 2 atom stereocenters. The molecule has 0 aliphatic heterocycles. The van der Waals surface area contributed by atoms with Crippen LogP contribution in [0.5, 0.6) is 5.75 Å². The van der Waals surface area contributed by atoms with E-state index in [1.54, 1.807) is 11.3 Å². The minimum atomic E-state index is -0.300. The number of benzene rings is 1. The van der Waals surface area contributed by atoms with Crippen molar-refractivity contribution in [1.29, 1.82) is 0 Å². The van der Waals surface area contributed by atoms with Gasteiger partial charge in [0.05, 0.1) is 6.04 Å². The topological polar surface area (TPSA) is 100 Å². The third-order valence-electron chi connectivity index (χ3n) is 5.09. The average Bonchev–Trinajstić information content (AvgIpc) is 3.03. The predicted molar refractivity (Wildman–Crippen MR) is 143 cm³/mol. The number of thiophene rings is 1. The van der Waals surface area contributed by atoms with E-state index in [0.29, 0.717) is 5.69 Å². The van der Waals surface area contributed by atoms with Crippen LogP contribution in [0, 0.1) is 12.3 Å². The fourth-order valence-corrected chi connectivity index (χ4v) is 7.06. The van der Waals surface area contributed by atoms with E-state index in [2.05, 4.69) is 49.3 Å². The molecular weight excluding hydrogens is 438 g/mol. The van der Waals surface area contributed by atoms with E-state index in [9.17, 15) is 5.11 Å². The van der Waals surface area contributed by atoms with Crippen LogP contribution in [-0.4, -0.2) is 39.5 Å². The van der Waals surface area contributed by atoms with Crippen molar-refractivity contribution in [1.82, 2.24) is 4.31 Å². The zero-order chi connectivity index (χ0) is 24.1. The lowest BCUT2D eigenvalue weighted by Crippen LogP contribution is -2.33. The fourth-order valence-electron chi connectivity index (χ4n) is 3.43. The quantitative estimate of drug-likeness (QED) is 0.275. The maximum Gasteiger partial charge on any atom is 0.167 e. The highest BCUT2D eigenvalue weighted by molar-refractivity contribution is 8.14. The molecule has 0 saturated carbocycles. The summed E-state index contributed by atoms with van der Waals surface area (Å²) in [6.07, 6.45) is 0. The molecule has 0 aliphatic carbocycles. The lowest BCUT2D eigenvalue weighted by molar-refractivity contribution is 0.329. The second-order valence-electron chi connectivity index (χ2n) is 8.50. The van der Waals surface area contributed by atoms with Crippen molar-refractivity contribution in [2.24, 2.45) is 26.9 Å². The third-order valence-corrected chi connectivity index (χ3v) is 8.83. The minimum Gasteiger partial charge on any atom is -0.504 e. The van der Waals surface area contributed by atoms with Gasteiger partial charge in [0.1, 0.15) is 9.90 Å². The SMILES string of the molecule is C/C=S(\c1sc(C)c(N=C(N)C(N)=N[C@@H](c2ccccc2)C(C)(C)C)c1O)N(CC)CC. The molecule has 32 heavy (non-hydrogen) atoms. The predicted octanol–water partition coefficient (Wildman–Crippen LogP) is 5.60. The van der Waals surface area contributed by atoms with Gasteiger partial charge < -0.3 is 16.6 Å². The molecule has 0 radical (unpaired) electrons. The Morgan fingerprint density at radius 2 is 1.75 bits per heavy atom. The molecule has 0 bridgehead atoms. The maximum absolute atomic E-state index is 11.0. The Balaban J connectivity index is 2.47. The van der Waals surface area contributed by atoms with E-state index in [1.807, 2.05) is 44.2 Å². The second kappa shape index (κ2) is 11.1. The van der Waals surface area contributed by atoms with Gasteiger partial charge in [0.15, 0.2) is 17.4 Å². The van der Waals surface area contributed by atoms with E-state index >= 15 is 0 Å². The number of rotatable bonds is 7. The number of hydrogen-bond acceptors (Lipinski definition) is 5. The molecule has 2 aromatic rings. The monoisotopic (exact) mass is 475 g/mol. The summed E-state index contributed by atoms with van der Waals surface area (Å²) in [7, 11) is -0.300. The zero-order valence-electron chi connectivity index (χ0n) is 20.2. The van der Waals surface area contributed by atoms with Gasteiger partial charge in [-0.3, -0.25) is 9.30 Å². The van der Waals surface area contributed by atoms with Gasteiger partial charge in [0, 0.05) is 18.0 Å². The first-order valence-electron chi connectivity index (χ1n) is 10.9. The van der Waals surface area contributed by atoms with E-state index in [0.717, 1.165) is 27.7 Å². The van der Waals surface area contributed by atoms with Crippen molar-refractivity contribution in [3.05, 3.63) is 40.8 Å². The summed E-state index contributed by atoms with van der Waals surface area (Å²) < 4.78 is 3.21. The summed E-state index contributed by atoms with van der Waals surface area (Å²) in [4.78, 5) is 10.1. The summed E-state index contributed by atoms with van der Waals surface area (Å²) in [5.74, 6) is 0.457. The van der Waals surface area contributed by atoms with Gasteiger partial charge in [-0.2, -0.15) is 0 Å².